The normalized spacial score (nSPS) is 10.1. The van der Waals surface area contributed by atoms with E-state index in [-0.39, 0.29) is 0 Å². The van der Waals surface area contributed by atoms with E-state index < -0.39 is 6.09 Å². The molecule has 1 aromatic carbocycles. The number of nitrogens with one attached hydrogen (secondary N) is 1. The number of hydrogen-bond acceptors (Lipinski definition) is 3. The van der Waals surface area contributed by atoms with Crippen molar-refractivity contribution in [1.82, 2.24) is 5.32 Å². The van der Waals surface area contributed by atoms with Crippen molar-refractivity contribution < 1.29 is 14.6 Å². The van der Waals surface area contributed by atoms with Gasteiger partial charge in [-0.25, -0.2) is 4.79 Å². The summed E-state index contributed by atoms with van der Waals surface area (Å²) in [7, 11) is 0. The first-order chi connectivity index (χ1) is 8.72. The zero-order valence-electron chi connectivity index (χ0n) is 10.4. The number of carboxylic acid groups (broad SMARTS) is 1. The number of nitrogens with two attached hydrogens (primary N) is 1. The van der Waals surface area contributed by atoms with Crippen LogP contribution in [0.1, 0.15) is 18.4 Å². The van der Waals surface area contributed by atoms with Crippen LogP contribution >= 0.6 is 0 Å². The molecule has 0 heterocycles. The Labute approximate surface area is 107 Å². The maximum Gasteiger partial charge on any atom is 0.404 e. The number of rotatable bonds is 8. The van der Waals surface area contributed by atoms with Gasteiger partial charge in [-0.05, 0) is 43.5 Å². The summed E-state index contributed by atoms with van der Waals surface area (Å²) in [5.41, 5.74) is 6.67. The number of unbranched alkanes of at least 4 members (excludes halogenated alkanes) is 1. The van der Waals surface area contributed by atoms with Gasteiger partial charge in [-0.15, -0.1) is 0 Å². The Bertz CT molecular complexity index is 352. The fourth-order valence-corrected chi connectivity index (χ4v) is 1.53. The molecule has 0 unspecified atom stereocenters. The fraction of sp³-hybridized carbons (Fsp3) is 0.462. The minimum Gasteiger partial charge on any atom is -0.494 e. The van der Waals surface area contributed by atoms with E-state index in [1.54, 1.807) is 0 Å². The lowest BCUT2D eigenvalue weighted by Gasteiger charge is -2.07. The average Bonchev–Trinajstić information content (AvgIpc) is 2.35. The quantitative estimate of drug-likeness (QED) is 0.614. The molecule has 0 saturated carbocycles. The molecule has 0 atom stereocenters. The summed E-state index contributed by atoms with van der Waals surface area (Å²) in [5.74, 6) is 0.835. The van der Waals surface area contributed by atoms with Crippen LogP contribution in [0.15, 0.2) is 24.3 Å². The molecule has 5 heteroatoms. The molecular formula is C13H20N2O3. The maximum absolute atomic E-state index is 10.2. The average molecular weight is 252 g/mol. The Hall–Kier alpha value is -1.75. The van der Waals surface area contributed by atoms with Gasteiger partial charge in [-0.1, -0.05) is 12.1 Å². The highest BCUT2D eigenvalue weighted by Gasteiger charge is 1.96. The molecule has 1 aromatic rings. The second-order valence-electron chi connectivity index (χ2n) is 3.97. The summed E-state index contributed by atoms with van der Waals surface area (Å²) in [4.78, 5) is 10.2. The molecule has 0 radical (unpaired) electrons. The van der Waals surface area contributed by atoms with Crippen molar-refractivity contribution in [1.29, 1.82) is 0 Å². The largest absolute Gasteiger partial charge is 0.494 e. The molecule has 0 spiro atoms. The Kier molecular flexibility index (Phi) is 6.64. The van der Waals surface area contributed by atoms with Crippen LogP contribution < -0.4 is 15.8 Å². The molecule has 5 nitrogen and oxygen atoms in total. The van der Waals surface area contributed by atoms with Crippen molar-refractivity contribution in [3.05, 3.63) is 29.8 Å². The smallest absolute Gasteiger partial charge is 0.404 e. The molecule has 0 saturated heterocycles. The first-order valence-corrected chi connectivity index (χ1v) is 6.11. The molecule has 1 amide bonds. The SMILES string of the molecule is NCCc1ccc(OCCCCNC(=O)O)cc1. The van der Waals surface area contributed by atoms with Crippen LogP contribution in [0.2, 0.25) is 0 Å². The molecule has 0 fully saturated rings. The second kappa shape index (κ2) is 8.36. The number of hydrogen-bond donors (Lipinski definition) is 3. The predicted molar refractivity (Wildman–Crippen MR) is 70.0 cm³/mol. The van der Waals surface area contributed by atoms with Crippen molar-refractivity contribution in [3.63, 3.8) is 0 Å². The summed E-state index contributed by atoms with van der Waals surface area (Å²) in [6, 6.07) is 7.88. The lowest BCUT2D eigenvalue weighted by Crippen LogP contribution is -2.22. The summed E-state index contributed by atoms with van der Waals surface area (Å²) in [5, 5.41) is 10.7. The van der Waals surface area contributed by atoms with Crippen molar-refractivity contribution in [2.45, 2.75) is 19.3 Å². The highest BCUT2D eigenvalue weighted by atomic mass is 16.5. The van der Waals surface area contributed by atoms with E-state index in [0.29, 0.717) is 19.7 Å². The van der Waals surface area contributed by atoms with Gasteiger partial charge in [0.05, 0.1) is 6.61 Å². The van der Waals surface area contributed by atoms with E-state index in [2.05, 4.69) is 5.32 Å². The Morgan fingerprint density at radius 2 is 2.00 bits per heavy atom. The zero-order valence-corrected chi connectivity index (χ0v) is 10.4. The van der Waals surface area contributed by atoms with Crippen molar-refractivity contribution in [2.24, 2.45) is 5.73 Å². The van der Waals surface area contributed by atoms with Gasteiger partial charge in [0.2, 0.25) is 0 Å². The second-order valence-corrected chi connectivity index (χ2v) is 3.97. The van der Waals surface area contributed by atoms with E-state index in [1.165, 1.54) is 5.56 Å². The Morgan fingerprint density at radius 3 is 2.61 bits per heavy atom. The van der Waals surface area contributed by atoms with Crippen LogP contribution in [0.25, 0.3) is 0 Å². The number of ether oxygens (including phenoxy) is 1. The highest BCUT2D eigenvalue weighted by molar-refractivity contribution is 5.64. The van der Waals surface area contributed by atoms with Gasteiger partial charge < -0.3 is 20.9 Å². The van der Waals surface area contributed by atoms with Gasteiger partial charge in [-0.2, -0.15) is 0 Å². The first-order valence-electron chi connectivity index (χ1n) is 6.11. The standard InChI is InChI=1S/C13H20N2O3/c14-8-7-11-3-5-12(6-4-11)18-10-2-1-9-15-13(16)17/h3-6,15H,1-2,7-10,14H2,(H,16,17). The van der Waals surface area contributed by atoms with Gasteiger partial charge in [0.1, 0.15) is 5.75 Å². The van der Waals surface area contributed by atoms with Crippen LogP contribution in [0, 0.1) is 0 Å². The van der Waals surface area contributed by atoms with Gasteiger partial charge >= 0.3 is 6.09 Å². The molecule has 4 N–H and O–H groups in total. The van der Waals surface area contributed by atoms with Crippen LogP contribution in [-0.4, -0.2) is 30.9 Å². The van der Waals surface area contributed by atoms with Crippen molar-refractivity contribution in [2.75, 3.05) is 19.7 Å². The summed E-state index contributed by atoms with van der Waals surface area (Å²) in [6.45, 7) is 1.71. The summed E-state index contributed by atoms with van der Waals surface area (Å²) in [6.07, 6.45) is 1.50. The van der Waals surface area contributed by atoms with Crippen LogP contribution in [0.4, 0.5) is 4.79 Å². The van der Waals surface area contributed by atoms with E-state index in [9.17, 15) is 4.79 Å². The molecule has 0 aliphatic heterocycles. The van der Waals surface area contributed by atoms with Crippen LogP contribution in [-0.2, 0) is 6.42 Å². The van der Waals surface area contributed by atoms with Crippen molar-refractivity contribution >= 4 is 6.09 Å². The molecular weight excluding hydrogens is 232 g/mol. The van der Waals surface area contributed by atoms with Crippen LogP contribution in [0.3, 0.4) is 0 Å². The minimum absolute atomic E-state index is 0.466. The topological polar surface area (TPSA) is 84.6 Å². The molecule has 0 aromatic heterocycles. The third-order valence-electron chi connectivity index (χ3n) is 2.47. The van der Waals surface area contributed by atoms with E-state index in [1.807, 2.05) is 24.3 Å². The first kappa shape index (κ1) is 14.3. The number of carbonyl (C=O) groups is 1. The number of benzene rings is 1. The van der Waals surface area contributed by atoms with E-state index in [0.717, 1.165) is 25.0 Å². The predicted octanol–water partition coefficient (Wildman–Crippen LogP) is 1.61. The van der Waals surface area contributed by atoms with Gasteiger partial charge in [0.15, 0.2) is 0 Å². The lowest BCUT2D eigenvalue weighted by molar-refractivity contribution is 0.194. The third-order valence-corrected chi connectivity index (χ3v) is 2.47. The summed E-state index contributed by atoms with van der Waals surface area (Å²) >= 11 is 0. The van der Waals surface area contributed by atoms with Crippen molar-refractivity contribution in [3.8, 4) is 5.75 Å². The maximum atomic E-state index is 10.2. The summed E-state index contributed by atoms with van der Waals surface area (Å²) < 4.78 is 5.54. The van der Waals surface area contributed by atoms with Crippen LogP contribution in [0.5, 0.6) is 5.75 Å². The molecule has 0 aliphatic carbocycles. The molecule has 0 aliphatic rings. The Balaban J connectivity index is 2.13. The van der Waals surface area contributed by atoms with Gasteiger partial charge in [0.25, 0.3) is 0 Å². The molecule has 0 bridgehead atoms. The minimum atomic E-state index is -0.980. The molecule has 18 heavy (non-hydrogen) atoms. The third kappa shape index (κ3) is 6.10. The Morgan fingerprint density at radius 1 is 1.28 bits per heavy atom. The number of amides is 1. The fourth-order valence-electron chi connectivity index (χ4n) is 1.53. The van der Waals surface area contributed by atoms with Gasteiger partial charge in [0, 0.05) is 6.54 Å². The molecule has 100 valence electrons. The van der Waals surface area contributed by atoms with E-state index >= 15 is 0 Å². The monoisotopic (exact) mass is 252 g/mol. The zero-order chi connectivity index (χ0) is 13.2. The lowest BCUT2D eigenvalue weighted by atomic mass is 10.1. The molecule has 1 rings (SSSR count). The van der Waals surface area contributed by atoms with E-state index in [4.69, 9.17) is 15.6 Å². The van der Waals surface area contributed by atoms with Gasteiger partial charge in [-0.3, -0.25) is 0 Å². The highest BCUT2D eigenvalue weighted by Crippen LogP contribution is 2.12.